The molecule has 7 aromatic carbocycles. The van der Waals surface area contributed by atoms with E-state index in [1.807, 2.05) is 0 Å². The van der Waals surface area contributed by atoms with Crippen LogP contribution in [0.25, 0.3) is 87.1 Å². The van der Waals surface area contributed by atoms with Crippen LogP contribution in [0.2, 0.25) is 0 Å². The number of pyridine rings is 1. The average Bonchev–Trinajstić information content (AvgIpc) is 3.93. The zero-order valence-corrected chi connectivity index (χ0v) is 33.1. The Hall–Kier alpha value is -6.65. The molecular formula is C53H42N4. The van der Waals surface area contributed by atoms with E-state index in [4.69, 9.17) is 4.98 Å². The van der Waals surface area contributed by atoms with Crippen LogP contribution in [-0.4, -0.2) is 13.8 Å². The molecule has 57 heavy (non-hydrogen) atoms. The molecule has 0 radical (unpaired) electrons. The van der Waals surface area contributed by atoms with Crippen molar-refractivity contribution in [3.05, 3.63) is 157 Å². The Kier molecular flexibility index (Phi) is 6.29. The molecule has 274 valence electrons. The zero-order valence-electron chi connectivity index (χ0n) is 33.1. The summed E-state index contributed by atoms with van der Waals surface area (Å²) in [6.07, 6.45) is 2.15. The topological polar surface area (TPSA) is 24.9 Å². The molecule has 4 nitrogen and oxygen atoms in total. The smallest absolute Gasteiger partial charge is 0.146 e. The van der Waals surface area contributed by atoms with Crippen molar-refractivity contribution >= 4 is 104 Å². The fourth-order valence-corrected chi connectivity index (χ4v) is 9.83. The first kappa shape index (κ1) is 32.6. The van der Waals surface area contributed by atoms with Crippen LogP contribution >= 0.6 is 0 Å². The van der Waals surface area contributed by atoms with Gasteiger partial charge in [0.15, 0.2) is 0 Å². The number of rotatable bonds is 3. The summed E-state index contributed by atoms with van der Waals surface area (Å²) in [7, 11) is 0. The largest absolute Gasteiger partial charge is 0.308 e. The summed E-state index contributed by atoms with van der Waals surface area (Å²) < 4.78 is 4.99. The number of para-hydroxylation sites is 3. The van der Waals surface area contributed by atoms with E-state index < -0.39 is 0 Å². The van der Waals surface area contributed by atoms with Gasteiger partial charge in [0.1, 0.15) is 5.65 Å². The van der Waals surface area contributed by atoms with Gasteiger partial charge in [0.2, 0.25) is 0 Å². The van der Waals surface area contributed by atoms with Crippen molar-refractivity contribution in [3.63, 3.8) is 0 Å². The first-order chi connectivity index (χ1) is 27.6. The predicted molar refractivity (Wildman–Crippen MR) is 243 cm³/mol. The Labute approximate surface area is 330 Å². The van der Waals surface area contributed by atoms with Crippen molar-refractivity contribution < 1.29 is 0 Å². The van der Waals surface area contributed by atoms with E-state index in [1.165, 1.54) is 87.1 Å². The van der Waals surface area contributed by atoms with Crippen molar-refractivity contribution in [2.45, 2.75) is 52.4 Å². The number of fused-ring (bicyclic) bond motifs is 14. The minimum Gasteiger partial charge on any atom is -0.308 e. The number of hydrogen-bond donors (Lipinski definition) is 0. The molecule has 5 heterocycles. The van der Waals surface area contributed by atoms with Gasteiger partial charge in [0.25, 0.3) is 0 Å². The Morgan fingerprint density at radius 3 is 1.67 bits per heavy atom. The number of nitrogens with zero attached hydrogens (tertiary/aromatic N) is 4. The first-order valence-electron chi connectivity index (χ1n) is 20.1. The lowest BCUT2D eigenvalue weighted by Crippen LogP contribution is -2.15. The van der Waals surface area contributed by atoms with Crippen LogP contribution in [0.15, 0.2) is 146 Å². The van der Waals surface area contributed by atoms with E-state index in [2.05, 4.69) is 201 Å². The van der Waals surface area contributed by atoms with Gasteiger partial charge in [0.05, 0.1) is 39.5 Å². The Morgan fingerprint density at radius 2 is 1.00 bits per heavy atom. The van der Waals surface area contributed by atoms with E-state index in [-0.39, 0.29) is 10.8 Å². The fraction of sp³-hybridized carbons (Fsp3) is 0.151. The molecule has 5 aromatic heterocycles. The van der Waals surface area contributed by atoms with Gasteiger partial charge < -0.3 is 9.30 Å². The van der Waals surface area contributed by atoms with Gasteiger partial charge in [-0.1, -0.05) is 120 Å². The maximum absolute atomic E-state index is 5.50. The van der Waals surface area contributed by atoms with E-state index in [0.717, 1.165) is 28.2 Å². The molecule has 12 aromatic rings. The highest BCUT2D eigenvalue weighted by molar-refractivity contribution is 6.35. The average molecular weight is 735 g/mol. The van der Waals surface area contributed by atoms with Crippen molar-refractivity contribution in [2.75, 3.05) is 4.90 Å². The molecule has 0 amide bonds. The third-order valence-corrected chi connectivity index (χ3v) is 12.6. The Bertz CT molecular complexity index is 3540. The molecule has 0 bridgehead atoms. The van der Waals surface area contributed by atoms with Crippen LogP contribution in [0.4, 0.5) is 17.1 Å². The number of anilines is 3. The molecular weight excluding hydrogens is 693 g/mol. The molecule has 0 aliphatic carbocycles. The quantitative estimate of drug-likeness (QED) is 0.181. The van der Waals surface area contributed by atoms with E-state index >= 15 is 0 Å². The summed E-state index contributed by atoms with van der Waals surface area (Å²) in [6, 6.07) is 51.8. The highest BCUT2D eigenvalue weighted by Gasteiger charge is 2.30. The van der Waals surface area contributed by atoms with Crippen LogP contribution < -0.4 is 4.90 Å². The molecule has 0 unspecified atom stereocenters. The number of hydrogen-bond acceptors (Lipinski definition) is 2. The molecule has 0 N–H and O–H groups in total. The minimum atomic E-state index is -0.0660. The van der Waals surface area contributed by atoms with Crippen LogP contribution in [-0.2, 0) is 10.8 Å². The number of benzene rings is 7. The molecule has 12 rings (SSSR count). The molecule has 0 atom stereocenters. The highest BCUT2D eigenvalue weighted by Crippen LogP contribution is 2.50. The SMILES string of the molecule is CC(C)(C)c1cc(N(c2ccccc2)c2ccccc2)c2c(c1)c1cccc3c4c5c6cc(C(C)(C)C)cc7c8cc9ccccc9cc8n(c5ncc4n2c13)c76. The molecule has 0 spiro atoms. The van der Waals surface area contributed by atoms with Gasteiger partial charge in [0, 0.05) is 54.5 Å². The van der Waals surface area contributed by atoms with Crippen molar-refractivity contribution in [1.82, 2.24) is 13.8 Å². The van der Waals surface area contributed by atoms with Gasteiger partial charge in [-0.2, -0.15) is 0 Å². The molecule has 4 heteroatoms. The zero-order chi connectivity index (χ0) is 38.5. The van der Waals surface area contributed by atoms with Crippen LogP contribution in [0.5, 0.6) is 0 Å². The molecule has 0 aliphatic heterocycles. The standard InChI is InChI=1S/C53H42N4/c1-52(2,3)33-26-41-39-24-31-16-13-14-17-32(31)25-43(39)57-49(41)42(28-33)47-46-38-23-15-22-37-40-27-34(53(4,5)6)29-44(50(40)56(48(37)38)45(46)30-54-51(47)57)55(35-18-9-7-10-19-35)36-20-11-8-12-21-36/h7-30H,1-6H3. The lowest BCUT2D eigenvalue weighted by Gasteiger charge is -2.29. The third kappa shape index (κ3) is 4.36. The summed E-state index contributed by atoms with van der Waals surface area (Å²) in [6.45, 7) is 13.9. The molecule has 0 aliphatic rings. The molecule has 0 saturated carbocycles. The van der Waals surface area contributed by atoms with Gasteiger partial charge in [-0.3, -0.25) is 4.40 Å². The number of aromatic nitrogens is 3. The van der Waals surface area contributed by atoms with E-state index in [9.17, 15) is 0 Å². The van der Waals surface area contributed by atoms with Crippen molar-refractivity contribution in [2.24, 2.45) is 0 Å². The summed E-state index contributed by atoms with van der Waals surface area (Å²) in [4.78, 5) is 7.94. The monoisotopic (exact) mass is 734 g/mol. The first-order valence-corrected chi connectivity index (χ1v) is 20.1. The maximum atomic E-state index is 5.50. The second kappa shape index (κ2) is 11.0. The van der Waals surface area contributed by atoms with Crippen LogP contribution in [0.1, 0.15) is 52.7 Å². The Balaban J connectivity index is 1.29. The minimum absolute atomic E-state index is 0.0381. The highest BCUT2D eigenvalue weighted by atomic mass is 15.2. The summed E-state index contributed by atoms with van der Waals surface area (Å²) in [5.74, 6) is 0. The normalized spacial score (nSPS) is 13.1. The van der Waals surface area contributed by atoms with E-state index in [0.29, 0.717) is 0 Å². The second-order valence-electron chi connectivity index (χ2n) is 18.1. The lowest BCUT2D eigenvalue weighted by atomic mass is 9.85. The molecule has 0 saturated heterocycles. The van der Waals surface area contributed by atoms with Gasteiger partial charge in [-0.25, -0.2) is 4.98 Å². The summed E-state index contributed by atoms with van der Waals surface area (Å²) >= 11 is 0. The lowest BCUT2D eigenvalue weighted by molar-refractivity contribution is 0.591. The van der Waals surface area contributed by atoms with Gasteiger partial charge >= 0.3 is 0 Å². The van der Waals surface area contributed by atoms with Gasteiger partial charge in [-0.15, -0.1) is 0 Å². The van der Waals surface area contributed by atoms with E-state index in [1.54, 1.807) is 0 Å². The predicted octanol–water partition coefficient (Wildman–Crippen LogP) is 14.6. The Morgan fingerprint density at radius 1 is 0.439 bits per heavy atom. The van der Waals surface area contributed by atoms with Crippen molar-refractivity contribution in [3.8, 4) is 0 Å². The maximum Gasteiger partial charge on any atom is 0.146 e. The van der Waals surface area contributed by atoms with Gasteiger partial charge in [-0.05, 0) is 93.4 Å². The summed E-state index contributed by atoms with van der Waals surface area (Å²) in [5, 5.41) is 12.6. The second-order valence-corrected chi connectivity index (χ2v) is 18.1. The van der Waals surface area contributed by atoms with Crippen LogP contribution in [0, 0.1) is 0 Å². The summed E-state index contributed by atoms with van der Waals surface area (Å²) in [5.41, 5.74) is 13.0. The van der Waals surface area contributed by atoms with Crippen molar-refractivity contribution in [1.29, 1.82) is 0 Å². The van der Waals surface area contributed by atoms with Crippen LogP contribution in [0.3, 0.4) is 0 Å². The third-order valence-electron chi connectivity index (χ3n) is 12.6. The fourth-order valence-electron chi connectivity index (χ4n) is 9.83. The molecule has 0 fully saturated rings.